The molecule has 40 heavy (non-hydrogen) atoms. The van der Waals surface area contributed by atoms with Gasteiger partial charge in [-0.15, -0.1) is 10.2 Å². The molecule has 4 aromatic rings. The molecule has 0 atom stereocenters. The fraction of sp³-hybridized carbons (Fsp3) is 0.448. The summed E-state index contributed by atoms with van der Waals surface area (Å²) in [6.07, 6.45) is 7.24. The molecule has 0 bridgehead atoms. The average Bonchev–Trinajstić information content (AvgIpc) is 3.59. The van der Waals surface area contributed by atoms with Crippen molar-refractivity contribution in [3.63, 3.8) is 0 Å². The molecule has 0 unspecified atom stereocenters. The van der Waals surface area contributed by atoms with Crippen LogP contribution in [0.4, 0.5) is 5.69 Å². The standard InChI is InChI=1S/C29H32N8O2S/c1-17(2)33-23-11-24(25-9-8-21-10-18(12-30)13-32-37(21)25)31-14-22(23)27-36-35-26(40-27)19-4-6-20(7-5-19)34-28(38)29(3)15-39-16-29/h8-11,13-14,17,19-20H,4-7,15-16H2,1-3H3,(H,31,33)(H,34,38)/t19-,20-. The normalized spacial score (nSPS) is 20.2. The number of anilines is 1. The highest BCUT2D eigenvalue weighted by Gasteiger charge is 2.42. The van der Waals surface area contributed by atoms with Gasteiger partial charge < -0.3 is 15.4 Å². The van der Waals surface area contributed by atoms with Crippen LogP contribution in [-0.4, -0.2) is 56.0 Å². The van der Waals surface area contributed by atoms with Crippen LogP contribution in [-0.2, 0) is 9.53 Å². The fourth-order valence-electron chi connectivity index (χ4n) is 5.34. The summed E-state index contributed by atoms with van der Waals surface area (Å²) < 4.78 is 7.04. The zero-order valence-electron chi connectivity index (χ0n) is 22.8. The Morgan fingerprint density at radius 2 is 1.98 bits per heavy atom. The minimum Gasteiger partial charge on any atom is -0.382 e. The molecule has 11 heteroatoms. The van der Waals surface area contributed by atoms with Crippen molar-refractivity contribution in [1.82, 2.24) is 30.1 Å². The Kier molecular flexibility index (Phi) is 6.98. The highest BCUT2D eigenvalue weighted by molar-refractivity contribution is 7.14. The van der Waals surface area contributed by atoms with E-state index >= 15 is 0 Å². The van der Waals surface area contributed by atoms with Crippen molar-refractivity contribution in [3.05, 3.63) is 47.2 Å². The molecule has 2 N–H and O–H groups in total. The van der Waals surface area contributed by atoms with Gasteiger partial charge in [0.2, 0.25) is 5.91 Å². The number of fused-ring (bicyclic) bond motifs is 1. The van der Waals surface area contributed by atoms with Crippen molar-refractivity contribution in [1.29, 1.82) is 5.26 Å². The van der Waals surface area contributed by atoms with Crippen molar-refractivity contribution in [2.45, 2.75) is 64.5 Å². The summed E-state index contributed by atoms with van der Waals surface area (Å²) in [5, 5.41) is 31.4. The van der Waals surface area contributed by atoms with Gasteiger partial charge in [-0.2, -0.15) is 10.4 Å². The number of amides is 1. The number of nitrogens with zero attached hydrogens (tertiary/aromatic N) is 6. The molecule has 1 saturated heterocycles. The second-order valence-electron chi connectivity index (χ2n) is 11.3. The molecule has 5 heterocycles. The van der Waals surface area contributed by atoms with Crippen molar-refractivity contribution < 1.29 is 9.53 Å². The number of nitrogens with one attached hydrogen (secondary N) is 2. The third-order valence-corrected chi connectivity index (χ3v) is 8.83. The number of aromatic nitrogens is 5. The van der Waals surface area contributed by atoms with Crippen molar-refractivity contribution in [2.75, 3.05) is 18.5 Å². The van der Waals surface area contributed by atoms with Gasteiger partial charge in [-0.3, -0.25) is 9.78 Å². The summed E-state index contributed by atoms with van der Waals surface area (Å²) in [7, 11) is 0. The van der Waals surface area contributed by atoms with Gasteiger partial charge in [-0.05, 0) is 70.7 Å². The number of carbonyl (C=O) groups is 1. The van der Waals surface area contributed by atoms with Crippen LogP contribution in [0.1, 0.15) is 62.9 Å². The second-order valence-corrected chi connectivity index (χ2v) is 12.4. The number of hydrogen-bond acceptors (Lipinski definition) is 9. The highest BCUT2D eigenvalue weighted by atomic mass is 32.1. The quantitative estimate of drug-likeness (QED) is 0.332. The summed E-state index contributed by atoms with van der Waals surface area (Å²) in [5.41, 5.74) is 4.46. The van der Waals surface area contributed by atoms with Crippen LogP contribution in [0.15, 0.2) is 36.7 Å². The Balaban J connectivity index is 1.19. The SMILES string of the molecule is CC(C)Nc1cc(-c2ccc3cc(C#N)cnn23)ncc1-c1nnc([C@H]2CC[C@H](NC(=O)C3(C)COC3)CC2)s1. The lowest BCUT2D eigenvalue weighted by molar-refractivity contribution is -0.158. The Morgan fingerprint density at radius 3 is 2.67 bits per heavy atom. The maximum atomic E-state index is 12.6. The van der Waals surface area contributed by atoms with Gasteiger partial charge >= 0.3 is 0 Å². The van der Waals surface area contributed by atoms with E-state index in [0.717, 1.165) is 63.9 Å². The molecule has 0 radical (unpaired) electrons. The third kappa shape index (κ3) is 5.05. The molecule has 2 fully saturated rings. The lowest BCUT2D eigenvalue weighted by atomic mass is 9.84. The first kappa shape index (κ1) is 26.3. The molecule has 0 aromatic carbocycles. The van der Waals surface area contributed by atoms with Gasteiger partial charge in [0.1, 0.15) is 11.1 Å². The summed E-state index contributed by atoms with van der Waals surface area (Å²) >= 11 is 1.62. The van der Waals surface area contributed by atoms with Crippen molar-refractivity contribution in [3.8, 4) is 28.0 Å². The molecule has 10 nitrogen and oxygen atoms in total. The van der Waals surface area contributed by atoms with E-state index in [1.54, 1.807) is 22.0 Å². The van der Waals surface area contributed by atoms with Crippen LogP contribution >= 0.6 is 11.3 Å². The molecule has 1 aliphatic carbocycles. The van der Waals surface area contributed by atoms with E-state index in [-0.39, 0.29) is 23.4 Å². The Labute approximate surface area is 236 Å². The topological polar surface area (TPSA) is 130 Å². The Bertz CT molecular complexity index is 1590. The molecular formula is C29H32N8O2S. The zero-order valence-corrected chi connectivity index (χ0v) is 23.7. The number of pyridine rings is 1. The highest BCUT2D eigenvalue weighted by Crippen LogP contribution is 2.39. The molecule has 206 valence electrons. The van der Waals surface area contributed by atoms with Crippen molar-refractivity contribution in [2.24, 2.45) is 5.41 Å². The smallest absolute Gasteiger partial charge is 0.230 e. The maximum Gasteiger partial charge on any atom is 0.230 e. The van der Waals surface area contributed by atoms with Gasteiger partial charge in [0, 0.05) is 29.9 Å². The zero-order chi connectivity index (χ0) is 27.9. The van der Waals surface area contributed by atoms with E-state index < -0.39 is 0 Å². The summed E-state index contributed by atoms with van der Waals surface area (Å²) in [4.78, 5) is 17.4. The molecule has 1 saturated carbocycles. The maximum absolute atomic E-state index is 12.6. The minimum absolute atomic E-state index is 0.109. The predicted molar refractivity (Wildman–Crippen MR) is 153 cm³/mol. The predicted octanol–water partition coefficient (Wildman–Crippen LogP) is 4.79. The first-order valence-corrected chi connectivity index (χ1v) is 14.5. The molecule has 0 spiro atoms. The van der Waals surface area contributed by atoms with E-state index in [1.807, 2.05) is 37.4 Å². The lowest BCUT2D eigenvalue weighted by Crippen LogP contribution is -2.54. The molecular weight excluding hydrogens is 524 g/mol. The van der Waals surface area contributed by atoms with Gasteiger partial charge in [-0.1, -0.05) is 11.3 Å². The van der Waals surface area contributed by atoms with E-state index in [4.69, 9.17) is 9.72 Å². The van der Waals surface area contributed by atoms with Crippen LogP contribution in [0.5, 0.6) is 0 Å². The molecule has 1 aliphatic heterocycles. The van der Waals surface area contributed by atoms with E-state index in [1.165, 1.54) is 0 Å². The molecule has 1 amide bonds. The van der Waals surface area contributed by atoms with Gasteiger partial charge in [-0.25, -0.2) is 4.52 Å². The number of rotatable bonds is 7. The Morgan fingerprint density at radius 1 is 1.18 bits per heavy atom. The molecule has 4 aromatic heterocycles. The lowest BCUT2D eigenvalue weighted by Gasteiger charge is -2.38. The van der Waals surface area contributed by atoms with Crippen LogP contribution < -0.4 is 10.6 Å². The van der Waals surface area contributed by atoms with Gasteiger partial charge in [0.25, 0.3) is 0 Å². The number of ether oxygens (including phenoxy) is 1. The fourth-order valence-corrected chi connectivity index (χ4v) is 6.38. The van der Waals surface area contributed by atoms with Gasteiger partial charge in [0.05, 0.1) is 52.9 Å². The largest absolute Gasteiger partial charge is 0.382 e. The van der Waals surface area contributed by atoms with Crippen molar-refractivity contribution >= 4 is 28.4 Å². The minimum atomic E-state index is -0.373. The third-order valence-electron chi connectivity index (χ3n) is 7.71. The van der Waals surface area contributed by atoms with E-state index in [0.29, 0.717) is 24.7 Å². The van der Waals surface area contributed by atoms with E-state index in [9.17, 15) is 10.1 Å². The number of carbonyl (C=O) groups excluding carboxylic acids is 1. The van der Waals surface area contributed by atoms with E-state index in [2.05, 4.69) is 45.8 Å². The average molecular weight is 557 g/mol. The summed E-state index contributed by atoms with van der Waals surface area (Å²) in [5.74, 6) is 0.449. The van der Waals surface area contributed by atoms with Crippen LogP contribution in [0.25, 0.3) is 27.5 Å². The number of nitriles is 1. The molecule has 6 rings (SSSR count). The molecule has 2 aliphatic rings. The van der Waals surface area contributed by atoms with Crippen LogP contribution in [0.3, 0.4) is 0 Å². The summed E-state index contributed by atoms with van der Waals surface area (Å²) in [6, 6.07) is 10.3. The second kappa shape index (κ2) is 10.6. The van der Waals surface area contributed by atoms with Crippen LogP contribution in [0, 0.1) is 16.7 Å². The Hall–Kier alpha value is -3.88. The first-order chi connectivity index (χ1) is 19.3. The van der Waals surface area contributed by atoms with Gasteiger partial charge in [0.15, 0.2) is 5.01 Å². The monoisotopic (exact) mass is 556 g/mol. The first-order valence-electron chi connectivity index (χ1n) is 13.7. The van der Waals surface area contributed by atoms with Crippen LogP contribution in [0.2, 0.25) is 0 Å². The number of hydrogen-bond donors (Lipinski definition) is 2. The summed E-state index contributed by atoms with van der Waals surface area (Å²) in [6.45, 7) is 7.18.